The molecule has 2 N–H and O–H groups in total. The Morgan fingerprint density at radius 3 is 1.74 bits per heavy atom. The Labute approximate surface area is 241 Å². The van der Waals surface area contributed by atoms with Crippen molar-refractivity contribution in [1.29, 1.82) is 0 Å². The van der Waals surface area contributed by atoms with Gasteiger partial charge in [0.1, 0.15) is 12.2 Å². The first-order chi connectivity index (χ1) is 19.8. The number of nitrogens with zero attached hydrogens (tertiary/aromatic N) is 3. The number of nitrogens with two attached hydrogens (primary N) is 1. The second kappa shape index (κ2) is 11.3. The maximum Gasteiger partial charge on any atom is 0.277 e. The van der Waals surface area contributed by atoms with E-state index < -0.39 is 16.5 Å². The van der Waals surface area contributed by atoms with Crippen LogP contribution in [0.25, 0.3) is 21.5 Å². The summed E-state index contributed by atoms with van der Waals surface area (Å²) in [5.41, 5.74) is 6.11. The fourth-order valence-electron chi connectivity index (χ4n) is 5.24. The fraction of sp³-hybridized carbons (Fsp3) is 0.400. The summed E-state index contributed by atoms with van der Waals surface area (Å²) >= 11 is 0. The van der Waals surface area contributed by atoms with Gasteiger partial charge in [-0.1, -0.05) is 12.1 Å². The monoisotopic (exact) mass is 578 g/mol. The average Bonchev–Trinajstić information content (AvgIpc) is 3.46. The van der Waals surface area contributed by atoms with Crippen LogP contribution in [0.5, 0.6) is 0 Å². The van der Waals surface area contributed by atoms with Crippen molar-refractivity contribution in [3.05, 3.63) is 91.7 Å². The molecule has 2 aromatic heterocycles. The van der Waals surface area contributed by atoms with Crippen LogP contribution in [0.1, 0.15) is 27.7 Å². The lowest BCUT2D eigenvalue weighted by atomic mass is 10.1. The zero-order chi connectivity index (χ0) is 30.2. The molecule has 0 amide bonds. The molecule has 2 aromatic carbocycles. The molecule has 0 aliphatic carbocycles. The highest BCUT2D eigenvalue weighted by molar-refractivity contribution is 5.92. The van der Waals surface area contributed by atoms with Gasteiger partial charge in [-0.3, -0.25) is 19.7 Å². The molecular formula is C30H34N4O8. The van der Waals surface area contributed by atoms with E-state index in [9.17, 15) is 19.7 Å². The Morgan fingerprint density at radius 1 is 0.786 bits per heavy atom. The summed E-state index contributed by atoms with van der Waals surface area (Å²) in [7, 11) is 0. The number of benzene rings is 2. The maximum atomic E-state index is 12.5. The van der Waals surface area contributed by atoms with Crippen molar-refractivity contribution in [2.24, 2.45) is 0 Å². The molecule has 0 bridgehead atoms. The first kappa shape index (κ1) is 29.4. The fourth-order valence-corrected chi connectivity index (χ4v) is 5.24. The third kappa shape index (κ3) is 6.21. The van der Waals surface area contributed by atoms with E-state index in [4.69, 9.17) is 24.7 Å². The number of nitro groups is 1. The van der Waals surface area contributed by atoms with Gasteiger partial charge in [0.15, 0.2) is 11.6 Å². The van der Waals surface area contributed by atoms with Crippen LogP contribution < -0.4 is 16.9 Å². The Bertz CT molecular complexity index is 1760. The quantitative estimate of drug-likeness (QED) is 0.212. The number of hydrogen-bond acceptors (Lipinski definition) is 9. The summed E-state index contributed by atoms with van der Waals surface area (Å²) in [6, 6.07) is 13.3. The molecule has 2 atom stereocenters. The molecule has 0 saturated carbocycles. The van der Waals surface area contributed by atoms with Crippen LogP contribution in [0.15, 0.2) is 70.5 Å². The van der Waals surface area contributed by atoms with Crippen LogP contribution in [0, 0.1) is 10.1 Å². The van der Waals surface area contributed by atoms with E-state index >= 15 is 0 Å². The van der Waals surface area contributed by atoms with Crippen molar-refractivity contribution >= 4 is 32.9 Å². The average molecular weight is 579 g/mol. The van der Waals surface area contributed by atoms with Gasteiger partial charge in [-0.2, -0.15) is 0 Å². The van der Waals surface area contributed by atoms with E-state index in [0.717, 1.165) is 5.39 Å². The van der Waals surface area contributed by atoms with Gasteiger partial charge < -0.3 is 33.8 Å². The van der Waals surface area contributed by atoms with Gasteiger partial charge >= 0.3 is 0 Å². The molecule has 4 aromatic rings. The molecule has 4 heterocycles. The van der Waals surface area contributed by atoms with E-state index in [1.54, 1.807) is 47.3 Å². The number of anilines is 1. The highest BCUT2D eigenvalue weighted by atomic mass is 16.7. The molecule has 2 aliphatic heterocycles. The van der Waals surface area contributed by atoms with Crippen LogP contribution in [0.2, 0.25) is 0 Å². The number of nitro benzene ring substituents is 1. The number of non-ortho nitro benzene ring substituents is 1. The summed E-state index contributed by atoms with van der Waals surface area (Å²) in [6.45, 7) is 9.11. The third-order valence-electron chi connectivity index (χ3n) is 7.18. The maximum absolute atomic E-state index is 12.5. The SMILES string of the molecule is CC1(C)OCC(Cn2ccc3c(N)cccc3c2=O)O1.CC1(C)OCC(Cn2ccc3c([N+](=O)[O-])cccc3c2=O)O1. The second-order valence-corrected chi connectivity index (χ2v) is 11.3. The summed E-state index contributed by atoms with van der Waals surface area (Å²) < 4.78 is 25.6. The van der Waals surface area contributed by atoms with E-state index in [-0.39, 0.29) is 29.0 Å². The molecule has 2 saturated heterocycles. The van der Waals surface area contributed by atoms with Gasteiger partial charge in [0.2, 0.25) is 0 Å². The van der Waals surface area contributed by atoms with Gasteiger partial charge in [-0.15, -0.1) is 0 Å². The molecule has 12 heteroatoms. The summed E-state index contributed by atoms with van der Waals surface area (Å²) in [5.74, 6) is -1.22. The third-order valence-corrected chi connectivity index (χ3v) is 7.18. The van der Waals surface area contributed by atoms with Crippen LogP contribution in [-0.4, -0.2) is 51.1 Å². The van der Waals surface area contributed by atoms with Crippen molar-refractivity contribution < 1.29 is 23.9 Å². The van der Waals surface area contributed by atoms with Crippen molar-refractivity contribution in [2.75, 3.05) is 18.9 Å². The molecule has 2 fully saturated rings. The highest BCUT2D eigenvalue weighted by Crippen LogP contribution is 2.26. The van der Waals surface area contributed by atoms with Gasteiger partial charge in [0.25, 0.3) is 16.8 Å². The lowest BCUT2D eigenvalue weighted by Crippen LogP contribution is -2.29. The molecule has 42 heavy (non-hydrogen) atoms. The number of pyridine rings is 2. The molecule has 2 aliphatic rings. The first-order valence-corrected chi connectivity index (χ1v) is 13.6. The second-order valence-electron chi connectivity index (χ2n) is 11.3. The van der Waals surface area contributed by atoms with Crippen molar-refractivity contribution in [3.8, 4) is 0 Å². The molecular weight excluding hydrogens is 544 g/mol. The topological polar surface area (TPSA) is 150 Å². The smallest absolute Gasteiger partial charge is 0.277 e. The summed E-state index contributed by atoms with van der Waals surface area (Å²) in [4.78, 5) is 35.5. The van der Waals surface area contributed by atoms with Crippen molar-refractivity contribution in [1.82, 2.24) is 9.13 Å². The molecule has 6 rings (SSSR count). The van der Waals surface area contributed by atoms with E-state index in [0.29, 0.717) is 48.1 Å². The minimum Gasteiger partial charge on any atom is -0.398 e. The van der Waals surface area contributed by atoms with Gasteiger partial charge in [0, 0.05) is 34.9 Å². The van der Waals surface area contributed by atoms with Crippen LogP contribution in [-0.2, 0) is 32.0 Å². The lowest BCUT2D eigenvalue weighted by Gasteiger charge is -2.17. The summed E-state index contributed by atoms with van der Waals surface area (Å²) in [6.07, 6.45) is 2.99. The first-order valence-electron chi connectivity index (χ1n) is 13.6. The predicted octanol–water partition coefficient (Wildman–Crippen LogP) is 3.80. The van der Waals surface area contributed by atoms with Gasteiger partial charge in [0.05, 0.1) is 42.0 Å². The number of fused-ring (bicyclic) bond motifs is 2. The van der Waals surface area contributed by atoms with Crippen molar-refractivity contribution in [3.63, 3.8) is 0 Å². The Balaban J connectivity index is 0.000000169. The van der Waals surface area contributed by atoms with Crippen LogP contribution >= 0.6 is 0 Å². The number of aromatic nitrogens is 2. The largest absolute Gasteiger partial charge is 0.398 e. The van der Waals surface area contributed by atoms with Crippen molar-refractivity contribution in [2.45, 2.75) is 64.6 Å². The predicted molar refractivity (Wildman–Crippen MR) is 157 cm³/mol. The van der Waals surface area contributed by atoms with E-state index in [1.807, 2.05) is 33.8 Å². The normalized spacial score (nSPS) is 20.9. The molecule has 2 unspecified atom stereocenters. The number of nitrogen functional groups attached to an aromatic ring is 1. The zero-order valence-electron chi connectivity index (χ0n) is 23.9. The van der Waals surface area contributed by atoms with E-state index in [2.05, 4.69) is 0 Å². The minimum absolute atomic E-state index is 0.0527. The minimum atomic E-state index is -0.649. The molecule has 12 nitrogen and oxygen atoms in total. The summed E-state index contributed by atoms with van der Waals surface area (Å²) in [5, 5.41) is 13.1. The van der Waals surface area contributed by atoms with E-state index in [1.165, 1.54) is 16.7 Å². The Morgan fingerprint density at radius 2 is 1.26 bits per heavy atom. The van der Waals surface area contributed by atoms with Crippen LogP contribution in [0.3, 0.4) is 0 Å². The Hall–Kier alpha value is -4.10. The number of rotatable bonds is 5. The molecule has 0 radical (unpaired) electrons. The zero-order valence-corrected chi connectivity index (χ0v) is 23.9. The Kier molecular flexibility index (Phi) is 7.90. The highest BCUT2D eigenvalue weighted by Gasteiger charge is 2.34. The lowest BCUT2D eigenvalue weighted by molar-refractivity contribution is -0.383. The molecule has 0 spiro atoms. The molecule has 222 valence electrons. The van der Waals surface area contributed by atoms with Gasteiger partial charge in [-0.05, 0) is 58.0 Å². The standard InChI is InChI=1S/C15H16N2O5.C15H18N2O3/c1-15(2)21-9-10(22-15)8-16-7-6-11-12(14(16)18)4-3-5-13(11)17(19)20;1-15(2)19-9-10(20-15)8-17-7-6-11-12(14(17)18)4-3-5-13(11)16/h3-7,10H,8-9H2,1-2H3;3-7,10H,8-9,16H2,1-2H3. The van der Waals surface area contributed by atoms with Crippen LogP contribution in [0.4, 0.5) is 11.4 Å². The number of hydrogen-bond donors (Lipinski definition) is 1. The number of ether oxygens (including phenoxy) is 4. The van der Waals surface area contributed by atoms with Gasteiger partial charge in [-0.25, -0.2) is 0 Å².